The maximum Gasteiger partial charge on any atom is 0.326 e. The van der Waals surface area contributed by atoms with Crippen LogP contribution in [0.25, 0.3) is 0 Å². The van der Waals surface area contributed by atoms with Crippen molar-refractivity contribution in [2.75, 3.05) is 30.4 Å². The van der Waals surface area contributed by atoms with Crippen molar-refractivity contribution in [3.63, 3.8) is 0 Å². The van der Waals surface area contributed by atoms with E-state index in [1.54, 1.807) is 36.4 Å². The number of benzene rings is 2. The first-order valence-electron chi connectivity index (χ1n) is 16.3. The smallest absolute Gasteiger partial charge is 0.326 e. The number of carboxylic acid groups (broad SMARTS) is 1. The molecule has 20 heteroatoms. The number of nitrogens with one attached hydrogen (secondary N) is 4. The van der Waals surface area contributed by atoms with Crippen LogP contribution in [-0.2, 0) is 14.3 Å². The molecule has 0 saturated carbocycles. The molecule has 11 atom stereocenters. The van der Waals surface area contributed by atoms with E-state index < -0.39 is 86.6 Å². The number of unbranched alkanes of at least 4 members (excludes halogenated alkanes) is 1. The van der Waals surface area contributed by atoms with Gasteiger partial charge in [-0.15, -0.1) is 0 Å². The average Bonchev–Trinajstić information content (AvgIpc) is 3.12. The van der Waals surface area contributed by atoms with Gasteiger partial charge in [0.25, 0.3) is 0 Å². The Morgan fingerprint density at radius 3 is 1.54 bits per heavy atom. The first-order valence-corrected chi connectivity index (χ1v) is 17.1. The maximum absolute atomic E-state index is 11.9. The van der Waals surface area contributed by atoms with Crippen molar-refractivity contribution in [1.29, 1.82) is 0 Å². The highest BCUT2D eigenvalue weighted by Crippen LogP contribution is 2.27. The highest BCUT2D eigenvalue weighted by atomic mass is 32.1. The average molecular weight is 773 g/mol. The molecule has 0 aliphatic carbocycles. The van der Waals surface area contributed by atoms with Crippen LogP contribution in [0.2, 0.25) is 0 Å². The number of carboxylic acids is 1. The summed E-state index contributed by atoms with van der Waals surface area (Å²) in [5, 5.41) is 101. The summed E-state index contributed by atoms with van der Waals surface area (Å²) < 4.78 is 21.8. The fraction of sp³-hybridized carbons (Fsp3) is 0.531. The summed E-state index contributed by atoms with van der Waals surface area (Å²) in [4.78, 5) is 11.9. The topological polar surface area (TPSA) is 284 Å². The van der Waals surface area contributed by atoms with Gasteiger partial charge in [-0.3, -0.25) is 0 Å². The molecule has 0 unspecified atom stereocenters. The highest BCUT2D eigenvalue weighted by molar-refractivity contribution is 7.80. The first kappa shape index (κ1) is 41.2. The molecule has 18 nitrogen and oxygen atoms in total. The summed E-state index contributed by atoms with van der Waals surface area (Å²) in [5.74, 6) is -0.544. The van der Waals surface area contributed by atoms with E-state index in [0.29, 0.717) is 41.6 Å². The van der Waals surface area contributed by atoms with E-state index >= 15 is 0 Å². The van der Waals surface area contributed by atoms with Crippen molar-refractivity contribution < 1.29 is 69.7 Å². The molecule has 2 fully saturated rings. The minimum Gasteiger partial charge on any atom is -0.480 e. The van der Waals surface area contributed by atoms with Gasteiger partial charge in [-0.2, -0.15) is 0 Å². The van der Waals surface area contributed by atoms with E-state index in [1.807, 2.05) is 0 Å². The molecule has 0 spiro atoms. The standard InChI is InChI=1S/C32H44N4O14S2/c37-13-20-22(39)24(41)26(43)29(49-20)47-17-8-4-15(5-9-17)34-31(51)33-12-2-1-3-19(28(45)46)36-32(52)35-16-6-10-18(11-7-16)48-30-27(44)25(42)23(40)21(14-38)50-30/h4-11,19-27,29-30,37-44H,1-3,12-14H2,(H,45,46)(H2,33,34,51)(H2,35,36,52)/t19-,20+,21+,22+,23+,24-,25-,26-,27-,29-,30-/m0/s1. The van der Waals surface area contributed by atoms with E-state index in [-0.39, 0.29) is 17.3 Å². The Morgan fingerprint density at radius 1 is 0.673 bits per heavy atom. The molecule has 0 bridgehead atoms. The molecule has 2 aliphatic rings. The molecule has 52 heavy (non-hydrogen) atoms. The quantitative estimate of drug-likeness (QED) is 0.0685. The van der Waals surface area contributed by atoms with Crippen molar-refractivity contribution >= 4 is 52.0 Å². The minimum absolute atomic E-state index is 0.0723. The molecule has 2 aromatic carbocycles. The summed E-state index contributed by atoms with van der Waals surface area (Å²) in [5.41, 5.74) is 1.12. The van der Waals surface area contributed by atoms with Crippen LogP contribution < -0.4 is 30.7 Å². The number of aliphatic hydroxyl groups excluding tert-OH is 8. The lowest BCUT2D eigenvalue weighted by atomic mass is 9.99. The van der Waals surface area contributed by atoms with Crippen LogP contribution in [0.3, 0.4) is 0 Å². The lowest BCUT2D eigenvalue weighted by Crippen LogP contribution is -2.60. The third kappa shape index (κ3) is 11.2. The first-order chi connectivity index (χ1) is 24.8. The highest BCUT2D eigenvalue weighted by Gasteiger charge is 2.45. The maximum atomic E-state index is 11.9. The third-order valence-electron chi connectivity index (χ3n) is 8.23. The normalized spacial score (nSPS) is 29.3. The van der Waals surface area contributed by atoms with Gasteiger partial charge in [0.1, 0.15) is 66.4 Å². The zero-order chi connectivity index (χ0) is 37.9. The van der Waals surface area contributed by atoms with E-state index in [2.05, 4.69) is 21.3 Å². The van der Waals surface area contributed by atoms with Crippen molar-refractivity contribution in [3.05, 3.63) is 48.5 Å². The lowest BCUT2D eigenvalue weighted by Gasteiger charge is -2.39. The molecular weight excluding hydrogens is 729 g/mol. The molecule has 288 valence electrons. The number of rotatable bonds is 15. The van der Waals surface area contributed by atoms with Crippen LogP contribution in [0.4, 0.5) is 11.4 Å². The number of hydrogen-bond acceptors (Lipinski definition) is 15. The van der Waals surface area contributed by atoms with E-state index in [0.717, 1.165) is 0 Å². The van der Waals surface area contributed by atoms with E-state index in [1.165, 1.54) is 12.1 Å². The SMILES string of the molecule is O=C(O)[C@H](CCCCNC(=S)Nc1ccc(O[C@H]2O[C@H](CO)[C@@H](O)[C@H](O)[C@@H]2O)cc1)NC(=S)Nc1ccc(O[C@H]2O[C@H](CO)[C@@H](O)[C@H](O)[C@@H]2O)cc1. The summed E-state index contributed by atoms with van der Waals surface area (Å²) in [6.45, 7) is -0.705. The van der Waals surface area contributed by atoms with Crippen LogP contribution >= 0.6 is 24.4 Å². The molecule has 0 radical (unpaired) electrons. The van der Waals surface area contributed by atoms with Gasteiger partial charge in [-0.1, -0.05) is 0 Å². The van der Waals surface area contributed by atoms with E-state index in [9.17, 15) is 50.8 Å². The molecule has 2 aliphatic heterocycles. The van der Waals surface area contributed by atoms with Gasteiger partial charge in [0.2, 0.25) is 12.6 Å². The van der Waals surface area contributed by atoms with Crippen LogP contribution in [0.5, 0.6) is 11.5 Å². The fourth-order valence-electron chi connectivity index (χ4n) is 5.26. The van der Waals surface area contributed by atoms with Gasteiger partial charge >= 0.3 is 5.97 Å². The summed E-state index contributed by atoms with van der Waals surface area (Å²) in [6.07, 6.45) is -12.7. The minimum atomic E-state index is -1.58. The Labute approximate surface area is 308 Å². The number of aliphatic hydroxyl groups is 8. The van der Waals surface area contributed by atoms with Crippen LogP contribution in [0, 0.1) is 0 Å². The monoisotopic (exact) mass is 772 g/mol. The molecule has 2 heterocycles. The Kier molecular flexibility index (Phi) is 15.5. The number of ether oxygens (including phenoxy) is 4. The predicted molar refractivity (Wildman–Crippen MR) is 191 cm³/mol. The largest absolute Gasteiger partial charge is 0.480 e. The Hall–Kier alpha value is -3.51. The number of thiocarbonyl (C=S) groups is 2. The van der Waals surface area contributed by atoms with Gasteiger partial charge in [-0.25, -0.2) is 4.79 Å². The summed E-state index contributed by atoms with van der Waals surface area (Å²) in [6, 6.07) is 11.7. The van der Waals surface area contributed by atoms with Crippen molar-refractivity contribution in [2.24, 2.45) is 0 Å². The van der Waals surface area contributed by atoms with Crippen molar-refractivity contribution in [3.8, 4) is 11.5 Å². The van der Waals surface area contributed by atoms with Gasteiger partial charge in [0.05, 0.1) is 13.2 Å². The Bertz CT molecular complexity index is 1460. The second-order valence-corrected chi connectivity index (χ2v) is 12.9. The van der Waals surface area contributed by atoms with E-state index in [4.69, 9.17) is 43.4 Å². The fourth-order valence-corrected chi connectivity index (χ4v) is 5.74. The second-order valence-electron chi connectivity index (χ2n) is 12.0. The van der Waals surface area contributed by atoms with Gasteiger partial charge in [0, 0.05) is 17.9 Å². The molecule has 13 N–H and O–H groups in total. The number of aliphatic carboxylic acids is 1. The Balaban J connectivity index is 1.14. The number of hydrogen-bond donors (Lipinski definition) is 13. The molecule has 0 amide bonds. The molecule has 0 aromatic heterocycles. The zero-order valence-corrected chi connectivity index (χ0v) is 29.2. The van der Waals surface area contributed by atoms with Crippen molar-refractivity contribution in [1.82, 2.24) is 10.6 Å². The molecule has 4 rings (SSSR count). The van der Waals surface area contributed by atoms with Crippen LogP contribution in [-0.4, -0.2) is 149 Å². The third-order valence-corrected chi connectivity index (χ3v) is 8.70. The molecular formula is C32H44N4O14S2. The molecule has 2 aromatic rings. The summed E-state index contributed by atoms with van der Waals surface area (Å²) in [7, 11) is 0. The van der Waals surface area contributed by atoms with Gasteiger partial charge in [0.15, 0.2) is 10.2 Å². The van der Waals surface area contributed by atoms with Gasteiger partial charge in [-0.05, 0) is 92.2 Å². The number of anilines is 2. The number of carbonyl (C=O) groups is 1. The van der Waals surface area contributed by atoms with Crippen LogP contribution in [0.1, 0.15) is 19.3 Å². The summed E-state index contributed by atoms with van der Waals surface area (Å²) >= 11 is 10.6. The van der Waals surface area contributed by atoms with Crippen molar-refractivity contribution in [2.45, 2.75) is 86.7 Å². The van der Waals surface area contributed by atoms with Gasteiger partial charge < -0.3 is 86.2 Å². The van der Waals surface area contributed by atoms with Crippen LogP contribution in [0.15, 0.2) is 48.5 Å². The second kappa shape index (κ2) is 19.5. The Morgan fingerprint density at radius 2 is 1.12 bits per heavy atom. The predicted octanol–water partition coefficient (Wildman–Crippen LogP) is -2.06. The molecule has 2 saturated heterocycles. The lowest BCUT2D eigenvalue weighted by molar-refractivity contribution is -0.277. The zero-order valence-electron chi connectivity index (χ0n) is 27.6.